The molecule has 1 aliphatic rings. The second-order valence-corrected chi connectivity index (χ2v) is 6.00. The van der Waals surface area contributed by atoms with Crippen LogP contribution in [0, 0.1) is 12.8 Å². The monoisotopic (exact) mass is 319 g/mol. The molecule has 1 saturated heterocycles. The fraction of sp³-hybridized carbons (Fsp3) is 0.562. The lowest BCUT2D eigenvalue weighted by Gasteiger charge is -2.31. The van der Waals surface area contributed by atoms with Gasteiger partial charge in [-0.15, -0.1) is 0 Å². The molecule has 3 N–H and O–H groups in total. The molecule has 0 aliphatic carbocycles. The van der Waals surface area contributed by atoms with Crippen molar-refractivity contribution >= 4 is 17.8 Å². The topological polar surface area (TPSA) is 91.6 Å². The molecule has 7 nitrogen and oxygen atoms in total. The van der Waals surface area contributed by atoms with Crippen LogP contribution in [-0.4, -0.2) is 46.1 Å². The minimum Gasteiger partial charge on any atom is -0.320 e. The Hall–Kier alpha value is -2.15. The van der Waals surface area contributed by atoms with Crippen molar-refractivity contribution in [2.45, 2.75) is 39.7 Å². The number of hydrogen-bond acceptors (Lipinski definition) is 4. The number of carbonyl (C=O) groups is 2. The van der Waals surface area contributed by atoms with Gasteiger partial charge in [-0.25, -0.2) is 19.8 Å². The van der Waals surface area contributed by atoms with Crippen molar-refractivity contribution in [3.63, 3.8) is 0 Å². The van der Waals surface area contributed by atoms with Crippen LogP contribution in [0.25, 0.3) is 0 Å². The maximum atomic E-state index is 12.5. The fourth-order valence-corrected chi connectivity index (χ4v) is 2.44. The molecular formula is C16H25N5O2. The number of aryl methyl sites for hydroxylation is 1. The molecule has 7 heteroatoms. The van der Waals surface area contributed by atoms with Gasteiger partial charge in [-0.2, -0.15) is 0 Å². The summed E-state index contributed by atoms with van der Waals surface area (Å²) < 4.78 is 0. The average molecular weight is 319 g/mol. The van der Waals surface area contributed by atoms with E-state index in [-0.39, 0.29) is 17.9 Å². The molecule has 0 radical (unpaired) electrons. The van der Waals surface area contributed by atoms with Gasteiger partial charge in [-0.1, -0.05) is 26.3 Å². The summed E-state index contributed by atoms with van der Waals surface area (Å²) in [6, 6.07) is 2.66. The van der Waals surface area contributed by atoms with Gasteiger partial charge >= 0.3 is 6.03 Å². The van der Waals surface area contributed by atoms with Crippen molar-refractivity contribution in [1.29, 1.82) is 0 Å². The minimum absolute atomic E-state index is 0.0757. The highest BCUT2D eigenvalue weighted by atomic mass is 16.2. The molecule has 1 aliphatic heterocycles. The lowest BCUT2D eigenvalue weighted by Crippen LogP contribution is -2.53. The molecule has 0 spiro atoms. The molecule has 23 heavy (non-hydrogen) atoms. The lowest BCUT2D eigenvalue weighted by atomic mass is 9.99. The van der Waals surface area contributed by atoms with Crippen LogP contribution in [0.3, 0.4) is 0 Å². The summed E-state index contributed by atoms with van der Waals surface area (Å²) in [4.78, 5) is 29.1. The first-order valence-electron chi connectivity index (χ1n) is 8.02. The van der Waals surface area contributed by atoms with Crippen molar-refractivity contribution in [3.8, 4) is 0 Å². The summed E-state index contributed by atoms with van der Waals surface area (Å²) in [6.45, 7) is 6.87. The zero-order valence-corrected chi connectivity index (χ0v) is 14.0. The number of hydrazine groups is 1. The smallest absolute Gasteiger partial charge is 0.320 e. The van der Waals surface area contributed by atoms with Gasteiger partial charge in [0.05, 0.1) is 6.04 Å². The van der Waals surface area contributed by atoms with Gasteiger partial charge in [0, 0.05) is 19.3 Å². The van der Waals surface area contributed by atoms with Gasteiger partial charge in [-0.3, -0.25) is 10.1 Å². The number of urea groups is 1. The van der Waals surface area contributed by atoms with Crippen molar-refractivity contribution in [3.05, 3.63) is 23.9 Å². The molecule has 1 aromatic heterocycles. The number of hydrogen-bond donors (Lipinski definition) is 2. The van der Waals surface area contributed by atoms with Crippen LogP contribution in [0.2, 0.25) is 0 Å². The van der Waals surface area contributed by atoms with Crippen LogP contribution in [0.1, 0.15) is 32.3 Å². The molecule has 1 fully saturated rings. The summed E-state index contributed by atoms with van der Waals surface area (Å²) in [6.07, 6.45) is 3.25. The normalized spacial score (nSPS) is 17.0. The van der Waals surface area contributed by atoms with Gasteiger partial charge < -0.3 is 5.73 Å². The van der Waals surface area contributed by atoms with E-state index < -0.39 is 6.04 Å². The van der Waals surface area contributed by atoms with Crippen LogP contribution in [0.15, 0.2) is 18.3 Å². The van der Waals surface area contributed by atoms with Gasteiger partial charge in [0.15, 0.2) is 0 Å². The Kier molecular flexibility index (Phi) is 5.54. The van der Waals surface area contributed by atoms with E-state index >= 15 is 0 Å². The standard InChI is InChI=1S/C16H25N5O2/c1-4-12(3)14(17)15(22)20-8-5-9-21(20)16(23)19-13-7-6-11(2)10-18-13/h6-7,10,12,14H,4-5,8-9,17H2,1-3H3,(H,18,19,23)/t12?,14-/m0/s1. The highest BCUT2D eigenvalue weighted by Gasteiger charge is 2.34. The van der Waals surface area contributed by atoms with Crippen molar-refractivity contribution in [1.82, 2.24) is 15.0 Å². The quantitative estimate of drug-likeness (QED) is 0.884. The molecule has 1 unspecified atom stereocenters. The molecule has 0 saturated carbocycles. The van der Waals surface area contributed by atoms with Crippen molar-refractivity contribution in [2.24, 2.45) is 11.7 Å². The average Bonchev–Trinajstić information content (AvgIpc) is 3.04. The Morgan fingerprint density at radius 3 is 2.65 bits per heavy atom. The molecular weight excluding hydrogens is 294 g/mol. The predicted molar refractivity (Wildman–Crippen MR) is 88.5 cm³/mol. The number of anilines is 1. The van der Waals surface area contributed by atoms with E-state index in [9.17, 15) is 9.59 Å². The zero-order valence-electron chi connectivity index (χ0n) is 14.0. The molecule has 0 aromatic carbocycles. The number of pyridine rings is 1. The first-order chi connectivity index (χ1) is 10.9. The highest BCUT2D eigenvalue weighted by Crippen LogP contribution is 2.17. The van der Waals surface area contributed by atoms with E-state index in [0.29, 0.717) is 18.9 Å². The first-order valence-corrected chi connectivity index (χ1v) is 8.02. The van der Waals surface area contributed by atoms with Gasteiger partial charge in [0.2, 0.25) is 0 Å². The highest BCUT2D eigenvalue weighted by molar-refractivity contribution is 5.91. The molecule has 126 valence electrons. The van der Waals surface area contributed by atoms with E-state index in [0.717, 1.165) is 18.4 Å². The molecule has 2 rings (SSSR count). The van der Waals surface area contributed by atoms with Crippen molar-refractivity contribution < 1.29 is 9.59 Å². The van der Waals surface area contributed by atoms with Crippen LogP contribution in [0.5, 0.6) is 0 Å². The predicted octanol–water partition coefficient (Wildman–Crippen LogP) is 1.74. The summed E-state index contributed by atoms with van der Waals surface area (Å²) in [5.41, 5.74) is 7.04. The number of aromatic nitrogens is 1. The maximum Gasteiger partial charge on any atom is 0.341 e. The Morgan fingerprint density at radius 1 is 1.35 bits per heavy atom. The second kappa shape index (κ2) is 7.41. The third-order valence-corrected chi connectivity index (χ3v) is 4.21. The van der Waals surface area contributed by atoms with Crippen LogP contribution < -0.4 is 11.1 Å². The minimum atomic E-state index is -0.592. The SMILES string of the molecule is CCC(C)[C@H](N)C(=O)N1CCCN1C(=O)Nc1ccc(C)cn1. The van der Waals surface area contributed by atoms with Crippen molar-refractivity contribution in [2.75, 3.05) is 18.4 Å². The lowest BCUT2D eigenvalue weighted by molar-refractivity contribution is -0.142. The van der Waals surface area contributed by atoms with Gasteiger partial charge in [-0.05, 0) is 30.9 Å². The number of amides is 3. The molecule has 2 heterocycles. The second-order valence-electron chi connectivity index (χ2n) is 6.00. The van der Waals surface area contributed by atoms with Crippen LogP contribution in [0.4, 0.5) is 10.6 Å². The number of nitrogens with zero attached hydrogens (tertiary/aromatic N) is 3. The van der Waals surface area contributed by atoms with Crippen LogP contribution >= 0.6 is 0 Å². The van der Waals surface area contributed by atoms with Crippen LogP contribution in [-0.2, 0) is 4.79 Å². The summed E-state index contributed by atoms with van der Waals surface area (Å²) in [7, 11) is 0. The first kappa shape index (κ1) is 17.2. The molecule has 1 aromatic rings. The molecule has 2 atom stereocenters. The van der Waals surface area contributed by atoms with E-state index in [1.54, 1.807) is 12.3 Å². The summed E-state index contributed by atoms with van der Waals surface area (Å²) >= 11 is 0. The number of rotatable bonds is 4. The Balaban J connectivity index is 2.04. The fourth-order valence-electron chi connectivity index (χ4n) is 2.44. The number of carbonyl (C=O) groups excluding carboxylic acids is 2. The molecule has 3 amide bonds. The van der Waals surface area contributed by atoms with Gasteiger partial charge in [0.25, 0.3) is 5.91 Å². The van der Waals surface area contributed by atoms with E-state index in [1.165, 1.54) is 10.0 Å². The summed E-state index contributed by atoms with van der Waals surface area (Å²) in [5, 5.41) is 5.60. The molecule has 0 bridgehead atoms. The third-order valence-electron chi connectivity index (χ3n) is 4.21. The zero-order chi connectivity index (χ0) is 17.0. The largest absolute Gasteiger partial charge is 0.341 e. The number of nitrogens with one attached hydrogen (secondary N) is 1. The Morgan fingerprint density at radius 2 is 2.04 bits per heavy atom. The van der Waals surface area contributed by atoms with E-state index in [4.69, 9.17) is 5.73 Å². The summed E-state index contributed by atoms with van der Waals surface area (Å²) in [5.74, 6) is 0.335. The Bertz CT molecular complexity index is 560. The third kappa shape index (κ3) is 3.98. The maximum absolute atomic E-state index is 12.5. The van der Waals surface area contributed by atoms with E-state index in [2.05, 4.69) is 10.3 Å². The Labute approximate surface area is 136 Å². The van der Waals surface area contributed by atoms with Gasteiger partial charge in [0.1, 0.15) is 5.82 Å². The number of nitrogens with two attached hydrogens (primary N) is 1. The van der Waals surface area contributed by atoms with E-state index in [1.807, 2.05) is 26.8 Å².